The predicted octanol–water partition coefficient (Wildman–Crippen LogP) is 1.76. The fraction of sp³-hybridized carbons (Fsp3) is 0.333. The fourth-order valence-corrected chi connectivity index (χ4v) is 2.03. The number of aromatic nitrogens is 3. The maximum atomic E-state index is 4.44. The molecule has 1 aliphatic heterocycles. The number of benzene rings is 1. The molecular formula is C12H14N4. The molecule has 0 spiro atoms. The van der Waals surface area contributed by atoms with Crippen molar-refractivity contribution in [2.24, 2.45) is 7.05 Å². The molecule has 1 aromatic heterocycles. The van der Waals surface area contributed by atoms with Gasteiger partial charge in [-0.25, -0.2) is 4.98 Å². The highest BCUT2D eigenvalue weighted by Crippen LogP contribution is 2.26. The van der Waals surface area contributed by atoms with Crippen molar-refractivity contribution in [2.45, 2.75) is 13.3 Å². The first-order valence-electron chi connectivity index (χ1n) is 5.49. The molecule has 0 unspecified atom stereocenters. The molecule has 0 aliphatic carbocycles. The highest BCUT2D eigenvalue weighted by atomic mass is 15.3. The molecule has 0 fully saturated rings. The quantitative estimate of drug-likeness (QED) is 0.786. The monoisotopic (exact) mass is 214 g/mol. The van der Waals surface area contributed by atoms with Gasteiger partial charge in [-0.15, -0.1) is 0 Å². The number of aryl methyl sites for hydroxylation is 2. The summed E-state index contributed by atoms with van der Waals surface area (Å²) in [7, 11) is 1.92. The lowest BCUT2D eigenvalue weighted by atomic mass is 10.1. The Bertz CT molecular complexity index is 522. The van der Waals surface area contributed by atoms with E-state index in [9.17, 15) is 0 Å². The summed E-state index contributed by atoms with van der Waals surface area (Å²) in [6.45, 7) is 3.00. The Labute approximate surface area is 94.3 Å². The van der Waals surface area contributed by atoms with Gasteiger partial charge in [0.05, 0.1) is 0 Å². The van der Waals surface area contributed by atoms with Gasteiger partial charge in [-0.05, 0) is 37.1 Å². The van der Waals surface area contributed by atoms with Crippen LogP contribution in [0.5, 0.6) is 0 Å². The zero-order chi connectivity index (χ0) is 11.1. The Kier molecular flexibility index (Phi) is 1.96. The van der Waals surface area contributed by atoms with E-state index >= 15 is 0 Å². The first-order valence-corrected chi connectivity index (χ1v) is 5.49. The Morgan fingerprint density at radius 1 is 1.38 bits per heavy atom. The second-order valence-electron chi connectivity index (χ2n) is 4.15. The summed E-state index contributed by atoms with van der Waals surface area (Å²) in [4.78, 5) is 4.44. The minimum atomic E-state index is 0.815. The lowest BCUT2D eigenvalue weighted by Crippen LogP contribution is -1.92. The number of nitrogens with one attached hydrogen (secondary N) is 1. The highest BCUT2D eigenvalue weighted by molar-refractivity contribution is 5.65. The molecule has 4 heteroatoms. The van der Waals surface area contributed by atoms with Crippen molar-refractivity contribution in [1.29, 1.82) is 0 Å². The van der Waals surface area contributed by atoms with E-state index in [4.69, 9.17) is 0 Å². The van der Waals surface area contributed by atoms with Crippen LogP contribution in [0.25, 0.3) is 11.4 Å². The van der Waals surface area contributed by atoms with Gasteiger partial charge in [-0.2, -0.15) is 5.10 Å². The van der Waals surface area contributed by atoms with E-state index in [1.165, 1.54) is 11.3 Å². The van der Waals surface area contributed by atoms with Gasteiger partial charge in [-0.3, -0.25) is 4.68 Å². The zero-order valence-corrected chi connectivity index (χ0v) is 9.49. The van der Waals surface area contributed by atoms with Gasteiger partial charge in [0.15, 0.2) is 5.82 Å². The van der Waals surface area contributed by atoms with E-state index < -0.39 is 0 Å². The molecule has 4 nitrogen and oxygen atoms in total. The summed E-state index contributed by atoms with van der Waals surface area (Å²) in [6, 6.07) is 6.37. The van der Waals surface area contributed by atoms with Crippen LogP contribution in [0.1, 0.15) is 11.4 Å². The Hall–Kier alpha value is -1.84. The van der Waals surface area contributed by atoms with E-state index in [0.29, 0.717) is 0 Å². The van der Waals surface area contributed by atoms with Crippen molar-refractivity contribution in [1.82, 2.24) is 14.8 Å². The van der Waals surface area contributed by atoms with Crippen LogP contribution in [0.4, 0.5) is 5.69 Å². The minimum Gasteiger partial charge on any atom is -0.384 e. The maximum absolute atomic E-state index is 4.44. The van der Waals surface area contributed by atoms with Crippen molar-refractivity contribution in [3.05, 3.63) is 29.6 Å². The van der Waals surface area contributed by atoms with Crippen molar-refractivity contribution >= 4 is 5.69 Å². The summed E-state index contributed by atoms with van der Waals surface area (Å²) in [5, 5.41) is 7.74. The number of rotatable bonds is 1. The molecule has 0 bridgehead atoms. The van der Waals surface area contributed by atoms with Crippen LogP contribution in [0.2, 0.25) is 0 Å². The molecule has 0 radical (unpaired) electrons. The van der Waals surface area contributed by atoms with Crippen LogP contribution in [0.15, 0.2) is 18.2 Å². The van der Waals surface area contributed by atoms with Crippen molar-refractivity contribution in [3.8, 4) is 11.4 Å². The molecule has 0 amide bonds. The molecule has 0 saturated heterocycles. The summed E-state index contributed by atoms with van der Waals surface area (Å²) in [6.07, 6.45) is 1.09. The molecule has 1 aliphatic rings. The number of fused-ring (bicyclic) bond motifs is 1. The number of hydrogen-bond donors (Lipinski definition) is 1. The summed E-state index contributed by atoms with van der Waals surface area (Å²) < 4.78 is 1.81. The molecule has 3 rings (SSSR count). The van der Waals surface area contributed by atoms with E-state index in [0.717, 1.165) is 30.2 Å². The molecular weight excluding hydrogens is 200 g/mol. The van der Waals surface area contributed by atoms with E-state index in [2.05, 4.69) is 33.6 Å². The van der Waals surface area contributed by atoms with E-state index in [-0.39, 0.29) is 0 Å². The topological polar surface area (TPSA) is 42.7 Å². The van der Waals surface area contributed by atoms with Crippen molar-refractivity contribution in [2.75, 3.05) is 11.9 Å². The third kappa shape index (κ3) is 1.38. The standard InChI is InChI=1S/C12H14N4/c1-8-14-12(15-16(8)2)10-3-4-11-9(7-10)5-6-13-11/h3-4,7,13H,5-6H2,1-2H3. The first kappa shape index (κ1) is 9.39. The molecule has 1 N–H and O–H groups in total. The van der Waals surface area contributed by atoms with Gasteiger partial charge < -0.3 is 5.32 Å². The summed E-state index contributed by atoms with van der Waals surface area (Å²) >= 11 is 0. The maximum Gasteiger partial charge on any atom is 0.181 e. The Balaban J connectivity index is 2.07. The second-order valence-corrected chi connectivity index (χ2v) is 4.15. The summed E-state index contributed by atoms with van der Waals surface area (Å²) in [5.41, 5.74) is 3.71. The first-order chi connectivity index (χ1) is 7.74. The smallest absolute Gasteiger partial charge is 0.181 e. The zero-order valence-electron chi connectivity index (χ0n) is 9.49. The summed E-state index contributed by atoms with van der Waals surface area (Å²) in [5.74, 6) is 1.75. The normalized spacial score (nSPS) is 13.6. The van der Waals surface area contributed by atoms with E-state index in [1.54, 1.807) is 4.68 Å². The van der Waals surface area contributed by atoms with Crippen LogP contribution in [-0.2, 0) is 13.5 Å². The van der Waals surface area contributed by atoms with Crippen LogP contribution in [0.3, 0.4) is 0 Å². The number of nitrogens with zero attached hydrogens (tertiary/aromatic N) is 3. The molecule has 16 heavy (non-hydrogen) atoms. The molecule has 0 atom stereocenters. The van der Waals surface area contributed by atoms with Gasteiger partial charge >= 0.3 is 0 Å². The predicted molar refractivity (Wildman–Crippen MR) is 63.4 cm³/mol. The molecule has 82 valence electrons. The van der Waals surface area contributed by atoms with Gasteiger partial charge in [0.2, 0.25) is 0 Å². The lowest BCUT2D eigenvalue weighted by Gasteiger charge is -2.01. The Morgan fingerprint density at radius 2 is 2.25 bits per heavy atom. The Morgan fingerprint density at radius 3 is 3.00 bits per heavy atom. The molecule has 0 saturated carbocycles. The third-order valence-electron chi connectivity index (χ3n) is 3.05. The molecule has 2 aromatic rings. The van der Waals surface area contributed by atoms with Crippen LogP contribution in [0, 0.1) is 6.92 Å². The number of anilines is 1. The second kappa shape index (κ2) is 3.33. The van der Waals surface area contributed by atoms with Gasteiger partial charge in [0, 0.05) is 24.8 Å². The lowest BCUT2D eigenvalue weighted by molar-refractivity contribution is 0.736. The van der Waals surface area contributed by atoms with Gasteiger partial charge in [0.25, 0.3) is 0 Å². The highest BCUT2D eigenvalue weighted by Gasteiger charge is 2.12. The third-order valence-corrected chi connectivity index (χ3v) is 3.05. The SMILES string of the molecule is Cc1nc(-c2ccc3c(c2)CCN3)nn1C. The average Bonchev–Trinajstić information content (AvgIpc) is 2.85. The molecule has 2 heterocycles. The molecule has 1 aromatic carbocycles. The fourth-order valence-electron chi connectivity index (χ4n) is 2.03. The van der Waals surface area contributed by atoms with Gasteiger partial charge in [0.1, 0.15) is 5.82 Å². The van der Waals surface area contributed by atoms with Crippen LogP contribution >= 0.6 is 0 Å². The van der Waals surface area contributed by atoms with Gasteiger partial charge in [-0.1, -0.05) is 0 Å². The van der Waals surface area contributed by atoms with E-state index in [1.807, 2.05) is 14.0 Å². The minimum absolute atomic E-state index is 0.815. The average molecular weight is 214 g/mol. The number of hydrogen-bond acceptors (Lipinski definition) is 3. The van der Waals surface area contributed by atoms with Crippen molar-refractivity contribution in [3.63, 3.8) is 0 Å². The largest absolute Gasteiger partial charge is 0.384 e. The van der Waals surface area contributed by atoms with Crippen molar-refractivity contribution < 1.29 is 0 Å². The van der Waals surface area contributed by atoms with Crippen LogP contribution < -0.4 is 5.32 Å². The van der Waals surface area contributed by atoms with Crippen LogP contribution in [-0.4, -0.2) is 21.3 Å².